The van der Waals surface area contributed by atoms with Crippen LogP contribution in [0.1, 0.15) is 11.1 Å². The number of rotatable bonds is 7. The highest BCUT2D eigenvalue weighted by Gasteiger charge is 2.20. The maximum Gasteiger partial charge on any atom is 0.384 e. The molecule has 1 N–H and O–H groups in total. The Balaban J connectivity index is 1.64. The van der Waals surface area contributed by atoms with Gasteiger partial charge in [-0.05, 0) is 11.1 Å². The molecule has 1 atom stereocenters. The second-order valence-corrected chi connectivity index (χ2v) is 5.04. The molecule has 0 heterocycles. The second-order valence-electron chi connectivity index (χ2n) is 5.04. The third-order valence-corrected chi connectivity index (χ3v) is 3.09. The van der Waals surface area contributed by atoms with Gasteiger partial charge in [0.05, 0.1) is 6.61 Å². The molecule has 2 aromatic rings. The molecular formula is C18H18O6. The van der Waals surface area contributed by atoms with Gasteiger partial charge in [-0.1, -0.05) is 60.7 Å². The van der Waals surface area contributed by atoms with Crippen molar-refractivity contribution in [2.75, 3.05) is 6.61 Å². The van der Waals surface area contributed by atoms with Gasteiger partial charge in [0.2, 0.25) is 0 Å². The summed E-state index contributed by atoms with van der Waals surface area (Å²) in [6.45, 7) is -0.128. The summed E-state index contributed by atoms with van der Waals surface area (Å²) < 4.78 is 5.14. The molecule has 0 amide bonds. The molecule has 24 heavy (non-hydrogen) atoms. The van der Waals surface area contributed by atoms with Crippen molar-refractivity contribution >= 4 is 11.9 Å². The zero-order chi connectivity index (χ0) is 17.2. The molecule has 0 saturated carbocycles. The van der Waals surface area contributed by atoms with Crippen LogP contribution in [0.15, 0.2) is 60.7 Å². The van der Waals surface area contributed by atoms with E-state index >= 15 is 0 Å². The van der Waals surface area contributed by atoms with Crippen molar-refractivity contribution in [1.82, 2.24) is 0 Å². The lowest BCUT2D eigenvalue weighted by Gasteiger charge is -2.09. The van der Waals surface area contributed by atoms with Crippen LogP contribution in [-0.2, 0) is 37.1 Å². The quantitative estimate of drug-likeness (QED) is 0.616. The zero-order valence-electron chi connectivity index (χ0n) is 13.0. The van der Waals surface area contributed by atoms with Crippen LogP contribution < -0.4 is 0 Å². The van der Waals surface area contributed by atoms with E-state index in [0.717, 1.165) is 11.1 Å². The van der Waals surface area contributed by atoms with Gasteiger partial charge < -0.3 is 9.84 Å². The van der Waals surface area contributed by atoms with Gasteiger partial charge >= 0.3 is 11.9 Å². The minimum Gasteiger partial charge on any atom is -0.381 e. The van der Waals surface area contributed by atoms with Gasteiger partial charge in [-0.2, -0.15) is 0 Å². The van der Waals surface area contributed by atoms with Crippen LogP contribution >= 0.6 is 0 Å². The fraction of sp³-hybridized carbons (Fsp3) is 0.222. The summed E-state index contributed by atoms with van der Waals surface area (Å²) >= 11 is 0. The minimum absolute atomic E-state index is 0.0712. The van der Waals surface area contributed by atoms with Gasteiger partial charge in [-0.3, -0.25) is 0 Å². The van der Waals surface area contributed by atoms with Crippen molar-refractivity contribution in [1.29, 1.82) is 0 Å². The first-order chi connectivity index (χ1) is 11.6. The number of aliphatic hydroxyl groups excluding tert-OH is 1. The zero-order valence-corrected chi connectivity index (χ0v) is 13.0. The summed E-state index contributed by atoms with van der Waals surface area (Å²) in [6.07, 6.45) is -1.34. The summed E-state index contributed by atoms with van der Waals surface area (Å²) in [6, 6.07) is 18.2. The van der Waals surface area contributed by atoms with Crippen LogP contribution in [0.3, 0.4) is 0 Å². The average molecular weight is 330 g/mol. The lowest BCUT2D eigenvalue weighted by atomic mass is 10.1. The smallest absolute Gasteiger partial charge is 0.381 e. The monoisotopic (exact) mass is 330 g/mol. The first-order valence-corrected chi connectivity index (χ1v) is 7.40. The molecule has 2 aromatic carbocycles. The Morgan fingerprint density at radius 1 is 0.875 bits per heavy atom. The van der Waals surface area contributed by atoms with Crippen molar-refractivity contribution < 1.29 is 29.2 Å². The van der Waals surface area contributed by atoms with Gasteiger partial charge in [0, 0.05) is 6.42 Å². The Hall–Kier alpha value is -2.70. The Labute approximate surface area is 139 Å². The summed E-state index contributed by atoms with van der Waals surface area (Å²) in [5, 5.41) is 9.71. The molecule has 126 valence electrons. The van der Waals surface area contributed by atoms with Crippen LogP contribution in [-0.4, -0.2) is 29.8 Å². The van der Waals surface area contributed by atoms with Crippen LogP contribution in [0, 0.1) is 0 Å². The maximum atomic E-state index is 11.6. The minimum atomic E-state index is -1.41. The number of ether oxygens (including phenoxy) is 1. The Morgan fingerprint density at radius 3 is 2.08 bits per heavy atom. The van der Waals surface area contributed by atoms with E-state index in [4.69, 9.17) is 4.74 Å². The van der Waals surface area contributed by atoms with Crippen LogP contribution in [0.25, 0.3) is 0 Å². The molecule has 0 saturated heterocycles. The second kappa shape index (κ2) is 9.44. The Kier molecular flexibility index (Phi) is 6.94. The van der Waals surface area contributed by atoms with E-state index in [0.29, 0.717) is 0 Å². The molecule has 0 bridgehead atoms. The van der Waals surface area contributed by atoms with Crippen molar-refractivity contribution in [2.45, 2.75) is 19.1 Å². The Bertz CT molecular complexity index is 641. The normalized spacial score (nSPS) is 11.5. The number of carbonyl (C=O) groups is 2. The van der Waals surface area contributed by atoms with Gasteiger partial charge in [0.15, 0.2) is 6.10 Å². The van der Waals surface area contributed by atoms with Crippen LogP contribution in [0.5, 0.6) is 0 Å². The largest absolute Gasteiger partial charge is 0.384 e. The van der Waals surface area contributed by atoms with Crippen LogP contribution in [0.2, 0.25) is 0 Å². The number of benzene rings is 2. The Morgan fingerprint density at radius 2 is 1.46 bits per heavy atom. The van der Waals surface area contributed by atoms with Gasteiger partial charge in [-0.25, -0.2) is 19.4 Å². The fourth-order valence-electron chi connectivity index (χ4n) is 1.91. The SMILES string of the molecule is O=C(COCc1ccccc1)OOC(=O)C(O)Cc1ccccc1. The van der Waals surface area contributed by atoms with E-state index in [9.17, 15) is 14.7 Å². The highest BCUT2D eigenvalue weighted by atomic mass is 17.2. The average Bonchev–Trinajstić information content (AvgIpc) is 2.61. The highest BCUT2D eigenvalue weighted by Crippen LogP contribution is 2.05. The number of hydrogen-bond donors (Lipinski definition) is 1. The van der Waals surface area contributed by atoms with Crippen molar-refractivity contribution in [2.24, 2.45) is 0 Å². The molecule has 1 unspecified atom stereocenters. The first-order valence-electron chi connectivity index (χ1n) is 7.40. The van der Waals surface area contributed by atoms with Gasteiger partial charge in [-0.15, -0.1) is 0 Å². The van der Waals surface area contributed by atoms with E-state index < -0.39 is 18.0 Å². The van der Waals surface area contributed by atoms with Gasteiger partial charge in [0.1, 0.15) is 6.61 Å². The third kappa shape index (κ3) is 6.20. The van der Waals surface area contributed by atoms with Crippen molar-refractivity contribution in [3.63, 3.8) is 0 Å². The summed E-state index contributed by atoms with van der Waals surface area (Å²) in [5.74, 6) is -1.89. The predicted molar refractivity (Wildman–Crippen MR) is 84.4 cm³/mol. The van der Waals surface area contributed by atoms with E-state index in [1.165, 1.54) is 0 Å². The van der Waals surface area contributed by atoms with E-state index in [1.54, 1.807) is 24.3 Å². The molecule has 0 aliphatic heterocycles. The summed E-state index contributed by atoms with van der Waals surface area (Å²) in [5.41, 5.74) is 1.67. The molecule has 0 fully saturated rings. The van der Waals surface area contributed by atoms with E-state index in [1.807, 2.05) is 36.4 Å². The number of hydrogen-bond acceptors (Lipinski definition) is 6. The molecule has 0 aliphatic carbocycles. The molecule has 0 aliphatic rings. The van der Waals surface area contributed by atoms with E-state index in [-0.39, 0.29) is 19.6 Å². The standard InChI is InChI=1S/C18H18O6/c19-16(11-14-7-3-1-4-8-14)18(21)24-23-17(20)13-22-12-15-9-5-2-6-10-15/h1-10,16,19H,11-13H2. The highest BCUT2D eigenvalue weighted by molar-refractivity contribution is 5.76. The summed E-state index contributed by atoms with van der Waals surface area (Å²) in [7, 11) is 0. The molecule has 2 rings (SSSR count). The predicted octanol–water partition coefficient (Wildman–Crippen LogP) is 1.81. The molecule has 6 heteroatoms. The molecular weight excluding hydrogens is 312 g/mol. The molecule has 6 nitrogen and oxygen atoms in total. The lowest BCUT2D eigenvalue weighted by Crippen LogP contribution is -2.27. The maximum absolute atomic E-state index is 11.6. The van der Waals surface area contributed by atoms with Gasteiger partial charge in [0.25, 0.3) is 0 Å². The first kappa shape index (κ1) is 17.7. The number of carbonyl (C=O) groups excluding carboxylic acids is 2. The topological polar surface area (TPSA) is 82.1 Å². The third-order valence-electron chi connectivity index (χ3n) is 3.09. The van der Waals surface area contributed by atoms with Crippen molar-refractivity contribution in [3.8, 4) is 0 Å². The van der Waals surface area contributed by atoms with Crippen LogP contribution in [0.4, 0.5) is 0 Å². The molecule has 0 radical (unpaired) electrons. The molecule has 0 aromatic heterocycles. The fourth-order valence-corrected chi connectivity index (χ4v) is 1.91. The summed E-state index contributed by atoms with van der Waals surface area (Å²) in [4.78, 5) is 31.6. The van der Waals surface area contributed by atoms with Crippen molar-refractivity contribution in [3.05, 3.63) is 71.8 Å². The lowest BCUT2D eigenvalue weighted by molar-refractivity contribution is -0.266. The number of aliphatic hydroxyl groups is 1. The molecule has 0 spiro atoms. The van der Waals surface area contributed by atoms with E-state index in [2.05, 4.69) is 9.78 Å².